The molecular formula is C33H24N2. The van der Waals surface area contributed by atoms with Gasteiger partial charge in [0.25, 0.3) is 0 Å². The summed E-state index contributed by atoms with van der Waals surface area (Å²) in [5.74, 6) is 0. The number of rotatable bonds is 3. The summed E-state index contributed by atoms with van der Waals surface area (Å²) < 4.78 is 0. The van der Waals surface area contributed by atoms with Gasteiger partial charge in [0.1, 0.15) is 0 Å². The van der Waals surface area contributed by atoms with Gasteiger partial charge in [-0.3, -0.25) is 4.98 Å². The van der Waals surface area contributed by atoms with E-state index in [9.17, 15) is 0 Å². The van der Waals surface area contributed by atoms with E-state index in [1.165, 1.54) is 21.5 Å². The summed E-state index contributed by atoms with van der Waals surface area (Å²) in [4.78, 5) is 9.58. The normalized spacial score (nSPS) is 12.6. The lowest BCUT2D eigenvalue weighted by Gasteiger charge is -2.12. The number of allylic oxidation sites excluding steroid dienone is 1. The molecule has 0 spiro atoms. The maximum Gasteiger partial charge on any atom is 0.0788 e. The molecule has 0 amide bonds. The molecule has 0 bridgehead atoms. The van der Waals surface area contributed by atoms with Crippen molar-refractivity contribution in [2.75, 3.05) is 0 Å². The summed E-state index contributed by atoms with van der Waals surface area (Å²) in [5.41, 5.74) is 4.34. The molecule has 0 fully saturated rings. The zero-order valence-corrected chi connectivity index (χ0v) is 19.6. The molecule has 166 valence electrons. The van der Waals surface area contributed by atoms with Crippen LogP contribution in [0, 0.1) is 0 Å². The Kier molecular flexibility index (Phi) is 5.20. The van der Waals surface area contributed by atoms with Gasteiger partial charge in [-0.2, -0.15) is 0 Å². The van der Waals surface area contributed by atoms with Crippen LogP contribution in [-0.2, 0) is 0 Å². The third-order valence-electron chi connectivity index (χ3n) is 6.66. The largest absolute Gasteiger partial charge is 0.263 e. The number of hydrogen-bond acceptors (Lipinski definition) is 2. The highest BCUT2D eigenvalue weighted by Gasteiger charge is 2.12. The molecule has 0 radical (unpaired) electrons. The van der Waals surface area contributed by atoms with Gasteiger partial charge in [-0.05, 0) is 34.7 Å². The van der Waals surface area contributed by atoms with Gasteiger partial charge in [-0.1, -0.05) is 104 Å². The predicted molar refractivity (Wildman–Crippen MR) is 149 cm³/mol. The summed E-state index contributed by atoms with van der Waals surface area (Å²) >= 11 is 0. The smallest absolute Gasteiger partial charge is 0.0788 e. The number of aromatic nitrogens is 2. The van der Waals surface area contributed by atoms with Crippen molar-refractivity contribution in [1.82, 2.24) is 9.97 Å². The highest BCUT2D eigenvalue weighted by molar-refractivity contribution is 6.11. The quantitative estimate of drug-likeness (QED) is 0.271. The Balaban J connectivity index is 1.61. The second kappa shape index (κ2) is 8.66. The van der Waals surface area contributed by atoms with Gasteiger partial charge in [0, 0.05) is 44.9 Å². The summed E-state index contributed by atoms with van der Waals surface area (Å²) in [6.07, 6.45) is 9.82. The van der Waals surface area contributed by atoms with Crippen LogP contribution < -0.4 is 10.6 Å². The standard InChI is InChI=1S/C33H24N2/c1-3-9-31-26(4-2)32-28-13-8-5-10-22(28)18-19-29(32)33(35-31)24-16-14-23(15-17-24)30-21-34-20-25-11-6-7-12-27(25)30/h3-21H,1H2,2H3/b26-4+,31-9+. The fraction of sp³-hybridized carbons (Fsp3) is 0.0303. The Bertz CT molecular complexity index is 1860. The van der Waals surface area contributed by atoms with Crippen molar-refractivity contribution in [2.24, 2.45) is 0 Å². The van der Waals surface area contributed by atoms with Gasteiger partial charge in [0.05, 0.1) is 11.0 Å². The first-order chi connectivity index (χ1) is 17.3. The molecule has 4 aromatic carbocycles. The first-order valence-electron chi connectivity index (χ1n) is 11.8. The summed E-state index contributed by atoms with van der Waals surface area (Å²) in [6, 6.07) is 30.0. The van der Waals surface area contributed by atoms with E-state index < -0.39 is 0 Å². The highest BCUT2D eigenvalue weighted by Crippen LogP contribution is 2.32. The molecule has 6 rings (SSSR count). The molecule has 0 unspecified atom stereocenters. The SMILES string of the molecule is C=C/C=c1/nc(-c2ccc(-c3cncc4ccccc34)cc2)c2ccc3ccccc3c2/c1=C/C. The minimum atomic E-state index is 0.934. The molecule has 35 heavy (non-hydrogen) atoms. The van der Waals surface area contributed by atoms with Gasteiger partial charge in [-0.25, -0.2) is 4.98 Å². The van der Waals surface area contributed by atoms with Crippen LogP contribution in [0.2, 0.25) is 0 Å². The number of benzene rings is 4. The zero-order valence-electron chi connectivity index (χ0n) is 19.6. The van der Waals surface area contributed by atoms with Crippen molar-refractivity contribution in [3.8, 4) is 22.4 Å². The molecule has 0 saturated carbocycles. The predicted octanol–water partition coefficient (Wildman–Crippen LogP) is 7.04. The third kappa shape index (κ3) is 3.51. The Morgan fingerprint density at radius 1 is 0.686 bits per heavy atom. The van der Waals surface area contributed by atoms with Crippen LogP contribution in [0.15, 0.2) is 110 Å². The Morgan fingerprint density at radius 3 is 2.17 bits per heavy atom. The average molecular weight is 449 g/mol. The van der Waals surface area contributed by atoms with Gasteiger partial charge in [0.2, 0.25) is 0 Å². The lowest BCUT2D eigenvalue weighted by atomic mass is 9.95. The second-order valence-electron chi connectivity index (χ2n) is 8.65. The molecule has 0 aliphatic carbocycles. The molecule has 2 heteroatoms. The minimum Gasteiger partial charge on any atom is -0.263 e. The van der Waals surface area contributed by atoms with Gasteiger partial charge in [0.15, 0.2) is 0 Å². The molecule has 0 saturated heterocycles. The van der Waals surface area contributed by atoms with E-state index in [-0.39, 0.29) is 0 Å². The van der Waals surface area contributed by atoms with Crippen molar-refractivity contribution < 1.29 is 0 Å². The van der Waals surface area contributed by atoms with Gasteiger partial charge < -0.3 is 0 Å². The van der Waals surface area contributed by atoms with Gasteiger partial charge >= 0.3 is 0 Å². The number of pyridine rings is 2. The highest BCUT2D eigenvalue weighted by atomic mass is 14.7. The van der Waals surface area contributed by atoms with Crippen LogP contribution in [-0.4, -0.2) is 9.97 Å². The first kappa shape index (κ1) is 21.0. The summed E-state index contributed by atoms with van der Waals surface area (Å²) in [5, 5.41) is 9.26. The number of nitrogens with zero attached hydrogens (tertiary/aromatic N) is 2. The average Bonchev–Trinajstić information content (AvgIpc) is 2.92. The van der Waals surface area contributed by atoms with Crippen molar-refractivity contribution in [2.45, 2.75) is 6.92 Å². The molecule has 0 N–H and O–H groups in total. The molecule has 0 aliphatic heterocycles. The van der Waals surface area contributed by atoms with Crippen LogP contribution in [0.3, 0.4) is 0 Å². The first-order valence-corrected chi connectivity index (χ1v) is 11.8. The topological polar surface area (TPSA) is 25.8 Å². The van der Waals surface area contributed by atoms with Crippen LogP contribution in [0.25, 0.3) is 66.9 Å². The van der Waals surface area contributed by atoms with Crippen molar-refractivity contribution in [3.05, 3.63) is 121 Å². The fourth-order valence-corrected chi connectivity index (χ4v) is 5.03. The molecule has 2 heterocycles. The molecular weight excluding hydrogens is 424 g/mol. The van der Waals surface area contributed by atoms with Crippen LogP contribution in [0.5, 0.6) is 0 Å². The van der Waals surface area contributed by atoms with Crippen molar-refractivity contribution >= 4 is 44.5 Å². The maximum absolute atomic E-state index is 5.12. The van der Waals surface area contributed by atoms with E-state index in [0.717, 1.165) is 43.7 Å². The van der Waals surface area contributed by atoms with E-state index in [1.807, 2.05) is 30.6 Å². The molecule has 2 nitrogen and oxygen atoms in total. The second-order valence-corrected chi connectivity index (χ2v) is 8.65. The Labute approximate surface area is 204 Å². The zero-order chi connectivity index (χ0) is 23.8. The van der Waals surface area contributed by atoms with Crippen LogP contribution >= 0.6 is 0 Å². The van der Waals surface area contributed by atoms with E-state index >= 15 is 0 Å². The number of fused-ring (bicyclic) bond motifs is 4. The fourth-order valence-electron chi connectivity index (χ4n) is 5.03. The lowest BCUT2D eigenvalue weighted by Crippen LogP contribution is -2.29. The summed E-state index contributed by atoms with van der Waals surface area (Å²) in [6.45, 7) is 6.01. The maximum atomic E-state index is 5.12. The monoisotopic (exact) mass is 448 g/mol. The van der Waals surface area contributed by atoms with E-state index in [0.29, 0.717) is 0 Å². The molecule has 0 aliphatic rings. The molecule has 6 aromatic rings. The molecule has 0 atom stereocenters. The van der Waals surface area contributed by atoms with Crippen LogP contribution in [0.1, 0.15) is 6.92 Å². The summed E-state index contributed by atoms with van der Waals surface area (Å²) in [7, 11) is 0. The van der Waals surface area contributed by atoms with Crippen molar-refractivity contribution in [1.29, 1.82) is 0 Å². The Hall–Kier alpha value is -4.56. The van der Waals surface area contributed by atoms with E-state index in [4.69, 9.17) is 4.98 Å². The van der Waals surface area contributed by atoms with Crippen LogP contribution in [0.4, 0.5) is 0 Å². The van der Waals surface area contributed by atoms with Gasteiger partial charge in [-0.15, -0.1) is 0 Å². The number of hydrogen-bond donors (Lipinski definition) is 0. The molecule has 2 aromatic heterocycles. The van der Waals surface area contributed by atoms with Crippen molar-refractivity contribution in [3.63, 3.8) is 0 Å². The third-order valence-corrected chi connectivity index (χ3v) is 6.66. The lowest BCUT2D eigenvalue weighted by molar-refractivity contribution is 1.26. The van der Waals surface area contributed by atoms with E-state index in [2.05, 4.69) is 103 Å². The Morgan fingerprint density at radius 2 is 1.40 bits per heavy atom. The minimum absolute atomic E-state index is 0.934. The van der Waals surface area contributed by atoms with E-state index in [1.54, 1.807) is 0 Å².